The highest BCUT2D eigenvalue weighted by Gasteiger charge is 2.43. The molecule has 0 unspecified atom stereocenters. The number of hydrogen-bond donors (Lipinski definition) is 1. The van der Waals surface area contributed by atoms with Gasteiger partial charge >= 0.3 is 0 Å². The molecule has 1 aliphatic rings. The zero-order valence-corrected chi connectivity index (χ0v) is 7.44. The van der Waals surface area contributed by atoms with E-state index in [2.05, 4.69) is 20.8 Å². The lowest BCUT2D eigenvalue weighted by Gasteiger charge is -2.22. The van der Waals surface area contributed by atoms with Gasteiger partial charge in [0.25, 0.3) is 0 Å². The second kappa shape index (κ2) is 1.97. The van der Waals surface area contributed by atoms with E-state index in [9.17, 15) is 5.11 Å². The van der Waals surface area contributed by atoms with Gasteiger partial charge in [0, 0.05) is 0 Å². The molecule has 1 saturated carbocycles. The van der Waals surface area contributed by atoms with E-state index in [-0.39, 0.29) is 0 Å². The first-order chi connectivity index (χ1) is 4.33. The van der Waals surface area contributed by atoms with Crippen LogP contribution in [0.1, 0.15) is 40.5 Å². The molecule has 1 nitrogen and oxygen atoms in total. The van der Waals surface area contributed by atoms with Crippen LogP contribution < -0.4 is 0 Å². The van der Waals surface area contributed by atoms with Crippen LogP contribution in [0.2, 0.25) is 0 Å². The van der Waals surface area contributed by atoms with Crippen molar-refractivity contribution < 1.29 is 5.11 Å². The van der Waals surface area contributed by atoms with Crippen LogP contribution in [0, 0.1) is 11.3 Å². The Hall–Kier alpha value is -0.0400. The maximum atomic E-state index is 9.80. The molecule has 0 aromatic carbocycles. The van der Waals surface area contributed by atoms with E-state index < -0.39 is 5.60 Å². The van der Waals surface area contributed by atoms with Crippen molar-refractivity contribution in [3.63, 3.8) is 0 Å². The van der Waals surface area contributed by atoms with Crippen LogP contribution in [0.15, 0.2) is 0 Å². The molecule has 0 heterocycles. The van der Waals surface area contributed by atoms with Gasteiger partial charge in [-0.3, -0.25) is 0 Å². The second-order valence-electron chi connectivity index (χ2n) is 4.80. The fourth-order valence-electron chi connectivity index (χ4n) is 2.26. The van der Waals surface area contributed by atoms with E-state index in [1.165, 1.54) is 0 Å². The van der Waals surface area contributed by atoms with E-state index >= 15 is 0 Å². The molecule has 1 aliphatic carbocycles. The fourth-order valence-corrected chi connectivity index (χ4v) is 2.26. The summed E-state index contributed by atoms with van der Waals surface area (Å²) in [5.41, 5.74) is -0.0631. The summed E-state index contributed by atoms with van der Waals surface area (Å²) in [6, 6.07) is 0. The lowest BCUT2D eigenvalue weighted by Crippen LogP contribution is -2.27. The predicted octanol–water partition coefficient (Wildman–Crippen LogP) is 2.19. The monoisotopic (exact) mass is 142 g/mol. The van der Waals surface area contributed by atoms with Gasteiger partial charge in [-0.2, -0.15) is 0 Å². The summed E-state index contributed by atoms with van der Waals surface area (Å²) in [7, 11) is 0. The molecule has 10 heavy (non-hydrogen) atoms. The molecule has 1 heteroatoms. The molecular formula is C9H18O. The SMILES string of the molecule is C[C@@H]1CC(C)(C)C[C@]1(C)O. The zero-order valence-electron chi connectivity index (χ0n) is 7.44. The molecule has 0 aromatic heterocycles. The van der Waals surface area contributed by atoms with Gasteiger partial charge in [-0.05, 0) is 31.1 Å². The van der Waals surface area contributed by atoms with E-state index in [1.807, 2.05) is 6.92 Å². The Morgan fingerprint density at radius 2 is 1.80 bits per heavy atom. The molecule has 1 fully saturated rings. The minimum absolute atomic E-state index is 0.350. The first-order valence-electron chi connectivity index (χ1n) is 4.06. The van der Waals surface area contributed by atoms with Gasteiger partial charge in [0.15, 0.2) is 0 Å². The number of hydrogen-bond acceptors (Lipinski definition) is 1. The maximum absolute atomic E-state index is 9.80. The third kappa shape index (κ3) is 1.34. The van der Waals surface area contributed by atoms with Crippen molar-refractivity contribution in [1.29, 1.82) is 0 Å². The third-order valence-electron chi connectivity index (χ3n) is 2.76. The Balaban J connectivity index is 2.71. The molecule has 0 aromatic rings. The first-order valence-corrected chi connectivity index (χ1v) is 4.06. The lowest BCUT2D eigenvalue weighted by molar-refractivity contribution is 0.0231. The van der Waals surface area contributed by atoms with Crippen molar-refractivity contribution in [2.24, 2.45) is 11.3 Å². The van der Waals surface area contributed by atoms with Crippen molar-refractivity contribution >= 4 is 0 Å². The highest BCUT2D eigenvalue weighted by Crippen LogP contribution is 2.46. The van der Waals surface area contributed by atoms with Crippen LogP contribution in [0.3, 0.4) is 0 Å². The molecule has 0 radical (unpaired) electrons. The summed E-state index contributed by atoms with van der Waals surface area (Å²) in [5.74, 6) is 0.461. The fraction of sp³-hybridized carbons (Fsp3) is 1.00. The summed E-state index contributed by atoms with van der Waals surface area (Å²) in [4.78, 5) is 0. The third-order valence-corrected chi connectivity index (χ3v) is 2.76. The lowest BCUT2D eigenvalue weighted by atomic mass is 9.90. The van der Waals surface area contributed by atoms with Gasteiger partial charge in [0.1, 0.15) is 0 Å². The average Bonchev–Trinajstić information content (AvgIpc) is 1.73. The maximum Gasteiger partial charge on any atom is 0.0650 e. The average molecular weight is 142 g/mol. The van der Waals surface area contributed by atoms with Crippen molar-refractivity contribution in [3.8, 4) is 0 Å². The van der Waals surface area contributed by atoms with Crippen LogP contribution in [0.5, 0.6) is 0 Å². The quantitative estimate of drug-likeness (QED) is 0.549. The van der Waals surface area contributed by atoms with Crippen molar-refractivity contribution in [2.75, 3.05) is 0 Å². The molecule has 0 bridgehead atoms. The molecule has 0 spiro atoms. The first kappa shape index (κ1) is 8.06. The molecule has 1 N–H and O–H groups in total. The Bertz CT molecular complexity index is 136. The van der Waals surface area contributed by atoms with E-state index in [0.717, 1.165) is 12.8 Å². The van der Waals surface area contributed by atoms with Crippen LogP contribution >= 0.6 is 0 Å². The Morgan fingerprint density at radius 3 is 1.90 bits per heavy atom. The smallest absolute Gasteiger partial charge is 0.0650 e. The van der Waals surface area contributed by atoms with E-state index in [0.29, 0.717) is 11.3 Å². The normalized spacial score (nSPS) is 45.9. The molecule has 60 valence electrons. The van der Waals surface area contributed by atoms with E-state index in [1.54, 1.807) is 0 Å². The van der Waals surface area contributed by atoms with Crippen molar-refractivity contribution in [2.45, 2.75) is 46.1 Å². The predicted molar refractivity (Wildman–Crippen MR) is 42.8 cm³/mol. The Kier molecular flexibility index (Phi) is 1.59. The van der Waals surface area contributed by atoms with Crippen molar-refractivity contribution in [3.05, 3.63) is 0 Å². The summed E-state index contributed by atoms with van der Waals surface area (Å²) < 4.78 is 0. The van der Waals surface area contributed by atoms with Gasteiger partial charge in [-0.15, -0.1) is 0 Å². The summed E-state index contributed by atoms with van der Waals surface area (Å²) in [6.07, 6.45) is 2.10. The molecule has 1 rings (SSSR count). The van der Waals surface area contributed by atoms with Gasteiger partial charge < -0.3 is 5.11 Å². The summed E-state index contributed by atoms with van der Waals surface area (Å²) in [5, 5.41) is 9.80. The van der Waals surface area contributed by atoms with Gasteiger partial charge in [-0.25, -0.2) is 0 Å². The van der Waals surface area contributed by atoms with Crippen molar-refractivity contribution in [1.82, 2.24) is 0 Å². The highest BCUT2D eigenvalue weighted by molar-refractivity contribution is 4.95. The minimum Gasteiger partial charge on any atom is -0.390 e. The highest BCUT2D eigenvalue weighted by atomic mass is 16.3. The molecule has 0 saturated heterocycles. The second-order valence-corrected chi connectivity index (χ2v) is 4.80. The molecule has 0 aliphatic heterocycles. The Morgan fingerprint density at radius 1 is 1.30 bits per heavy atom. The van der Waals surface area contributed by atoms with Gasteiger partial charge in [-0.1, -0.05) is 20.8 Å². The minimum atomic E-state index is -0.413. The standard InChI is InChI=1S/C9H18O/c1-7-5-8(2,3)6-9(7,4)10/h7,10H,5-6H2,1-4H3/t7-,9+/m1/s1. The van der Waals surface area contributed by atoms with Crippen LogP contribution in [-0.4, -0.2) is 10.7 Å². The number of aliphatic hydroxyl groups is 1. The summed E-state index contributed by atoms with van der Waals surface area (Å²) in [6.45, 7) is 8.54. The van der Waals surface area contributed by atoms with Crippen LogP contribution in [0.25, 0.3) is 0 Å². The summed E-state index contributed by atoms with van der Waals surface area (Å²) >= 11 is 0. The van der Waals surface area contributed by atoms with Gasteiger partial charge in [0.2, 0.25) is 0 Å². The Labute approximate surface area is 63.4 Å². The van der Waals surface area contributed by atoms with Gasteiger partial charge in [0.05, 0.1) is 5.60 Å². The van der Waals surface area contributed by atoms with Crippen LogP contribution in [-0.2, 0) is 0 Å². The number of rotatable bonds is 0. The van der Waals surface area contributed by atoms with E-state index in [4.69, 9.17) is 0 Å². The molecule has 0 amide bonds. The molecular weight excluding hydrogens is 124 g/mol. The topological polar surface area (TPSA) is 20.2 Å². The zero-order chi connectivity index (χ0) is 7.99. The molecule has 2 atom stereocenters. The van der Waals surface area contributed by atoms with Crippen LogP contribution in [0.4, 0.5) is 0 Å². The largest absolute Gasteiger partial charge is 0.390 e.